The quantitative estimate of drug-likeness (QED) is 0.815. The summed E-state index contributed by atoms with van der Waals surface area (Å²) in [6.07, 6.45) is 0.688. The van der Waals surface area contributed by atoms with E-state index in [0.29, 0.717) is 24.2 Å². The molecule has 1 saturated heterocycles. The first-order valence-electron chi connectivity index (χ1n) is 7.68. The summed E-state index contributed by atoms with van der Waals surface area (Å²) >= 11 is 0. The van der Waals surface area contributed by atoms with Crippen molar-refractivity contribution in [3.63, 3.8) is 0 Å². The first-order chi connectivity index (χ1) is 10.3. The number of fused-ring (bicyclic) bond motifs is 3. The van der Waals surface area contributed by atoms with Gasteiger partial charge in [0.25, 0.3) is 0 Å². The van der Waals surface area contributed by atoms with E-state index in [-0.39, 0.29) is 6.04 Å². The number of benzene rings is 2. The summed E-state index contributed by atoms with van der Waals surface area (Å²) in [4.78, 5) is 14.6. The third kappa shape index (κ3) is 1.90. The van der Waals surface area contributed by atoms with E-state index in [0.717, 1.165) is 6.54 Å². The van der Waals surface area contributed by atoms with Crippen molar-refractivity contribution in [2.75, 3.05) is 0 Å². The van der Waals surface area contributed by atoms with Gasteiger partial charge in [0.2, 0.25) is 5.91 Å². The molecule has 0 aromatic heterocycles. The lowest BCUT2D eigenvalue weighted by Crippen LogP contribution is -2.27. The van der Waals surface area contributed by atoms with E-state index in [1.165, 1.54) is 16.7 Å². The Morgan fingerprint density at radius 1 is 1.00 bits per heavy atom. The fourth-order valence-corrected chi connectivity index (χ4v) is 4.06. The summed E-state index contributed by atoms with van der Waals surface area (Å²) in [5.74, 6) is 1.23. The van der Waals surface area contributed by atoms with Gasteiger partial charge >= 0.3 is 0 Å². The molecule has 0 N–H and O–H groups in total. The maximum Gasteiger partial charge on any atom is 0.223 e. The van der Waals surface area contributed by atoms with Crippen LogP contribution in [0, 0.1) is 5.92 Å². The van der Waals surface area contributed by atoms with E-state index in [1.807, 2.05) is 18.2 Å². The van der Waals surface area contributed by atoms with Gasteiger partial charge in [-0.25, -0.2) is 0 Å². The minimum atomic E-state index is 0.268. The average molecular weight is 277 g/mol. The molecule has 0 unspecified atom stereocenters. The van der Waals surface area contributed by atoms with Crippen LogP contribution in [0.4, 0.5) is 0 Å². The Labute approximate surface area is 125 Å². The van der Waals surface area contributed by atoms with E-state index in [9.17, 15) is 4.79 Å². The largest absolute Gasteiger partial charge is 0.331 e. The number of likely N-dealkylation sites (tertiary alicyclic amines) is 1. The SMILES string of the molecule is C[C@H]1c2ccccc2[C@H]2[C@@H]1CC(=O)N2Cc1ccccc1. The third-order valence-electron chi connectivity index (χ3n) is 5.12. The molecule has 4 rings (SSSR count). The lowest BCUT2D eigenvalue weighted by atomic mass is 9.92. The second-order valence-electron chi connectivity index (χ2n) is 6.24. The van der Waals surface area contributed by atoms with Crippen molar-refractivity contribution >= 4 is 5.91 Å². The van der Waals surface area contributed by atoms with Crippen molar-refractivity contribution in [2.24, 2.45) is 5.92 Å². The lowest BCUT2D eigenvalue weighted by molar-refractivity contribution is -0.129. The molecule has 1 aliphatic carbocycles. The van der Waals surface area contributed by atoms with Gasteiger partial charge in [0.15, 0.2) is 0 Å². The number of hydrogen-bond acceptors (Lipinski definition) is 1. The molecule has 0 saturated carbocycles. The van der Waals surface area contributed by atoms with Gasteiger partial charge in [-0.05, 0) is 28.5 Å². The Hall–Kier alpha value is -2.09. The van der Waals surface area contributed by atoms with Crippen molar-refractivity contribution in [1.29, 1.82) is 0 Å². The first-order valence-corrected chi connectivity index (χ1v) is 7.68. The van der Waals surface area contributed by atoms with Gasteiger partial charge in [0.1, 0.15) is 0 Å². The van der Waals surface area contributed by atoms with E-state index >= 15 is 0 Å². The summed E-state index contributed by atoms with van der Waals surface area (Å²) in [5.41, 5.74) is 4.00. The van der Waals surface area contributed by atoms with Gasteiger partial charge in [-0.1, -0.05) is 61.5 Å². The molecule has 1 amide bonds. The van der Waals surface area contributed by atoms with Gasteiger partial charge in [0.05, 0.1) is 6.04 Å². The van der Waals surface area contributed by atoms with Crippen LogP contribution in [-0.4, -0.2) is 10.8 Å². The number of carbonyl (C=O) groups excluding carboxylic acids is 1. The molecule has 106 valence electrons. The highest BCUT2D eigenvalue weighted by Crippen LogP contribution is 2.53. The van der Waals surface area contributed by atoms with Crippen LogP contribution in [-0.2, 0) is 11.3 Å². The molecule has 1 aliphatic heterocycles. The normalized spacial score (nSPS) is 26.8. The van der Waals surface area contributed by atoms with E-state index < -0.39 is 0 Å². The predicted octanol–water partition coefficient (Wildman–Crippen LogP) is 3.89. The maximum absolute atomic E-state index is 12.5. The summed E-state index contributed by atoms with van der Waals surface area (Å²) in [7, 11) is 0. The van der Waals surface area contributed by atoms with Gasteiger partial charge in [0, 0.05) is 13.0 Å². The minimum Gasteiger partial charge on any atom is -0.331 e. The highest BCUT2D eigenvalue weighted by molar-refractivity contribution is 5.80. The van der Waals surface area contributed by atoms with Crippen LogP contribution in [0.15, 0.2) is 54.6 Å². The third-order valence-corrected chi connectivity index (χ3v) is 5.12. The summed E-state index contributed by atoms with van der Waals surface area (Å²) in [6.45, 7) is 2.99. The minimum absolute atomic E-state index is 0.268. The van der Waals surface area contributed by atoms with Crippen molar-refractivity contribution < 1.29 is 4.79 Å². The van der Waals surface area contributed by atoms with Crippen LogP contribution in [0.2, 0.25) is 0 Å². The molecule has 0 spiro atoms. The Balaban J connectivity index is 1.71. The smallest absolute Gasteiger partial charge is 0.223 e. The summed E-state index contributed by atoms with van der Waals surface area (Å²) < 4.78 is 0. The molecule has 1 fully saturated rings. The Bertz CT molecular complexity index is 679. The molecular weight excluding hydrogens is 258 g/mol. The standard InChI is InChI=1S/C19H19NO/c1-13-15-9-5-6-10-16(15)19-17(13)11-18(21)20(19)12-14-7-3-2-4-8-14/h2-10,13,17,19H,11-12H2,1H3/t13-,17+,19-/m0/s1. The monoisotopic (exact) mass is 277 g/mol. The maximum atomic E-state index is 12.5. The second kappa shape index (κ2) is 4.73. The molecule has 2 heteroatoms. The average Bonchev–Trinajstić information content (AvgIpc) is 2.98. The predicted molar refractivity (Wildman–Crippen MR) is 82.7 cm³/mol. The molecule has 2 nitrogen and oxygen atoms in total. The van der Waals surface area contributed by atoms with Crippen LogP contribution >= 0.6 is 0 Å². The Kier molecular flexibility index (Phi) is 2.85. The van der Waals surface area contributed by atoms with Crippen molar-refractivity contribution in [3.05, 3.63) is 71.3 Å². The summed E-state index contributed by atoms with van der Waals surface area (Å²) in [6, 6.07) is 19.2. The van der Waals surface area contributed by atoms with Crippen LogP contribution in [0.5, 0.6) is 0 Å². The van der Waals surface area contributed by atoms with Crippen LogP contribution in [0.1, 0.15) is 42.0 Å². The molecule has 2 aromatic carbocycles. The number of hydrogen-bond donors (Lipinski definition) is 0. The van der Waals surface area contributed by atoms with E-state index in [2.05, 4.69) is 48.2 Å². The Morgan fingerprint density at radius 2 is 1.67 bits per heavy atom. The zero-order chi connectivity index (χ0) is 14.4. The van der Waals surface area contributed by atoms with E-state index in [4.69, 9.17) is 0 Å². The second-order valence-corrected chi connectivity index (χ2v) is 6.24. The fourth-order valence-electron chi connectivity index (χ4n) is 4.06. The highest BCUT2D eigenvalue weighted by atomic mass is 16.2. The summed E-state index contributed by atoms with van der Waals surface area (Å²) in [5, 5.41) is 0. The zero-order valence-corrected chi connectivity index (χ0v) is 12.2. The van der Waals surface area contributed by atoms with Gasteiger partial charge in [-0.2, -0.15) is 0 Å². The Morgan fingerprint density at radius 3 is 2.43 bits per heavy atom. The molecule has 0 radical (unpaired) electrons. The van der Waals surface area contributed by atoms with Crippen molar-refractivity contribution in [2.45, 2.75) is 31.8 Å². The number of nitrogens with zero attached hydrogens (tertiary/aromatic N) is 1. The molecular formula is C19H19NO. The van der Waals surface area contributed by atoms with Crippen LogP contribution in [0.3, 0.4) is 0 Å². The van der Waals surface area contributed by atoms with Crippen molar-refractivity contribution in [3.8, 4) is 0 Å². The van der Waals surface area contributed by atoms with Gasteiger partial charge in [-0.15, -0.1) is 0 Å². The van der Waals surface area contributed by atoms with E-state index in [1.54, 1.807) is 0 Å². The molecule has 2 aromatic rings. The van der Waals surface area contributed by atoms with Crippen LogP contribution in [0.25, 0.3) is 0 Å². The van der Waals surface area contributed by atoms with Crippen LogP contribution < -0.4 is 0 Å². The lowest BCUT2D eigenvalue weighted by Gasteiger charge is -2.25. The molecule has 0 bridgehead atoms. The number of rotatable bonds is 2. The zero-order valence-electron chi connectivity index (χ0n) is 12.2. The molecule has 3 atom stereocenters. The van der Waals surface area contributed by atoms with Gasteiger partial charge < -0.3 is 4.90 Å². The molecule has 1 heterocycles. The molecule has 2 aliphatic rings. The number of amides is 1. The van der Waals surface area contributed by atoms with Crippen molar-refractivity contribution in [1.82, 2.24) is 4.90 Å². The number of carbonyl (C=O) groups is 1. The first kappa shape index (κ1) is 12.6. The topological polar surface area (TPSA) is 20.3 Å². The fraction of sp³-hybridized carbons (Fsp3) is 0.316. The van der Waals surface area contributed by atoms with Gasteiger partial charge in [-0.3, -0.25) is 4.79 Å². The molecule has 21 heavy (non-hydrogen) atoms. The highest BCUT2D eigenvalue weighted by Gasteiger charge is 2.48.